The third-order valence-corrected chi connectivity index (χ3v) is 3.77. The van der Waals surface area contributed by atoms with Crippen molar-refractivity contribution in [1.29, 1.82) is 0 Å². The Labute approximate surface area is 125 Å². The van der Waals surface area contributed by atoms with E-state index in [9.17, 15) is 0 Å². The summed E-state index contributed by atoms with van der Waals surface area (Å²) in [6, 6.07) is 10.4. The number of ether oxygens (including phenoxy) is 1. The van der Waals surface area contributed by atoms with E-state index in [1.807, 2.05) is 17.7 Å². The molecule has 1 aromatic carbocycles. The van der Waals surface area contributed by atoms with Gasteiger partial charge in [-0.3, -0.25) is 0 Å². The lowest BCUT2D eigenvalue weighted by molar-refractivity contribution is 0.193. The Morgan fingerprint density at radius 1 is 1.33 bits per heavy atom. The fourth-order valence-electron chi connectivity index (χ4n) is 2.56. The molecule has 1 aliphatic rings. The summed E-state index contributed by atoms with van der Waals surface area (Å²) < 4.78 is 7.49. The molecule has 2 heterocycles. The van der Waals surface area contributed by atoms with E-state index in [1.165, 1.54) is 5.56 Å². The van der Waals surface area contributed by atoms with Gasteiger partial charge in [-0.1, -0.05) is 42.5 Å². The van der Waals surface area contributed by atoms with Crippen LogP contribution < -0.4 is 0 Å². The summed E-state index contributed by atoms with van der Waals surface area (Å²) in [7, 11) is 0. The Hall–Kier alpha value is -1.94. The molecule has 0 radical (unpaired) electrons. The monoisotopic (exact) mass is 283 g/mol. The van der Waals surface area contributed by atoms with Gasteiger partial charge in [-0.2, -0.15) is 5.10 Å². The number of benzene rings is 1. The fraction of sp³-hybridized carbons (Fsp3) is 0.412. The summed E-state index contributed by atoms with van der Waals surface area (Å²) in [5.41, 5.74) is 1.25. The van der Waals surface area contributed by atoms with Crippen molar-refractivity contribution in [3.8, 4) is 0 Å². The summed E-state index contributed by atoms with van der Waals surface area (Å²) in [4.78, 5) is 4.75. The Morgan fingerprint density at radius 3 is 2.90 bits per heavy atom. The molecule has 0 spiro atoms. The fourth-order valence-corrected chi connectivity index (χ4v) is 2.56. The molecule has 1 atom stereocenters. The Bertz CT molecular complexity index is 598. The van der Waals surface area contributed by atoms with Crippen LogP contribution in [0.25, 0.3) is 0 Å². The molecule has 4 nitrogen and oxygen atoms in total. The molecule has 1 aliphatic heterocycles. The third-order valence-electron chi connectivity index (χ3n) is 3.77. The SMILES string of the molecule is C/C=C/Cc1nc(C2CCOC2)nn1Cc1ccccc1. The first-order valence-corrected chi connectivity index (χ1v) is 7.53. The van der Waals surface area contributed by atoms with Gasteiger partial charge in [-0.25, -0.2) is 9.67 Å². The molecule has 0 aliphatic carbocycles. The molecule has 4 heteroatoms. The van der Waals surface area contributed by atoms with Crippen LogP contribution in [-0.4, -0.2) is 28.0 Å². The molecular formula is C17H21N3O. The standard InChI is InChI=1S/C17H21N3O/c1-2-3-9-16-18-17(15-10-11-21-13-15)19-20(16)12-14-7-5-4-6-8-14/h2-8,15H,9-13H2,1H3/b3-2+. The van der Waals surface area contributed by atoms with Gasteiger partial charge in [0.2, 0.25) is 0 Å². The average molecular weight is 283 g/mol. The van der Waals surface area contributed by atoms with E-state index in [0.717, 1.165) is 44.2 Å². The first-order chi connectivity index (χ1) is 10.4. The second kappa shape index (κ2) is 6.68. The highest BCUT2D eigenvalue weighted by molar-refractivity contribution is 5.16. The molecule has 1 unspecified atom stereocenters. The number of rotatable bonds is 5. The lowest BCUT2D eigenvalue weighted by Gasteiger charge is -2.04. The van der Waals surface area contributed by atoms with Gasteiger partial charge in [-0.05, 0) is 18.9 Å². The van der Waals surface area contributed by atoms with Crippen molar-refractivity contribution < 1.29 is 4.74 Å². The molecule has 110 valence electrons. The van der Waals surface area contributed by atoms with Crippen LogP contribution in [0.5, 0.6) is 0 Å². The van der Waals surface area contributed by atoms with Crippen molar-refractivity contribution in [2.24, 2.45) is 0 Å². The van der Waals surface area contributed by atoms with Crippen molar-refractivity contribution in [2.45, 2.75) is 32.2 Å². The van der Waals surface area contributed by atoms with Crippen molar-refractivity contribution >= 4 is 0 Å². The minimum atomic E-state index is 0.353. The average Bonchev–Trinajstić information content (AvgIpc) is 3.16. The zero-order valence-electron chi connectivity index (χ0n) is 12.4. The Kier molecular flexibility index (Phi) is 4.46. The quantitative estimate of drug-likeness (QED) is 0.792. The summed E-state index contributed by atoms with van der Waals surface area (Å²) in [5.74, 6) is 2.31. The van der Waals surface area contributed by atoms with Crippen molar-refractivity contribution in [1.82, 2.24) is 14.8 Å². The van der Waals surface area contributed by atoms with Gasteiger partial charge in [0.1, 0.15) is 5.82 Å². The van der Waals surface area contributed by atoms with Crippen molar-refractivity contribution in [3.05, 3.63) is 59.7 Å². The van der Waals surface area contributed by atoms with E-state index in [4.69, 9.17) is 14.8 Å². The Balaban J connectivity index is 1.85. The van der Waals surface area contributed by atoms with Crippen LogP contribution in [0.4, 0.5) is 0 Å². The topological polar surface area (TPSA) is 39.9 Å². The summed E-state index contributed by atoms with van der Waals surface area (Å²) in [6.07, 6.45) is 6.03. The first kappa shape index (κ1) is 14.0. The van der Waals surface area contributed by atoms with Crippen LogP contribution in [-0.2, 0) is 17.7 Å². The minimum Gasteiger partial charge on any atom is -0.381 e. The van der Waals surface area contributed by atoms with Crippen LogP contribution in [0.15, 0.2) is 42.5 Å². The van der Waals surface area contributed by atoms with E-state index in [1.54, 1.807) is 0 Å². The van der Waals surface area contributed by atoms with Gasteiger partial charge < -0.3 is 4.74 Å². The van der Waals surface area contributed by atoms with Gasteiger partial charge in [0, 0.05) is 18.9 Å². The number of allylic oxidation sites excluding steroid dienone is 2. The predicted molar refractivity (Wildman–Crippen MR) is 82.3 cm³/mol. The number of hydrogen-bond acceptors (Lipinski definition) is 3. The van der Waals surface area contributed by atoms with Gasteiger partial charge in [0.05, 0.1) is 13.2 Å². The van der Waals surface area contributed by atoms with E-state index < -0.39 is 0 Å². The van der Waals surface area contributed by atoms with Crippen LogP contribution >= 0.6 is 0 Å². The number of hydrogen-bond donors (Lipinski definition) is 0. The zero-order chi connectivity index (χ0) is 14.5. The normalized spacial score (nSPS) is 18.6. The molecule has 0 saturated carbocycles. The highest BCUT2D eigenvalue weighted by Gasteiger charge is 2.23. The van der Waals surface area contributed by atoms with Gasteiger partial charge in [-0.15, -0.1) is 0 Å². The lowest BCUT2D eigenvalue weighted by atomic mass is 10.1. The highest BCUT2D eigenvalue weighted by atomic mass is 16.5. The van der Waals surface area contributed by atoms with Crippen molar-refractivity contribution in [2.75, 3.05) is 13.2 Å². The first-order valence-electron chi connectivity index (χ1n) is 7.53. The maximum atomic E-state index is 5.46. The van der Waals surface area contributed by atoms with E-state index >= 15 is 0 Å². The molecule has 1 aromatic heterocycles. The minimum absolute atomic E-state index is 0.353. The Morgan fingerprint density at radius 2 is 2.19 bits per heavy atom. The molecule has 3 rings (SSSR count). The highest BCUT2D eigenvalue weighted by Crippen LogP contribution is 2.23. The number of nitrogens with zero attached hydrogens (tertiary/aromatic N) is 3. The van der Waals surface area contributed by atoms with Crippen LogP contribution in [0, 0.1) is 0 Å². The molecule has 1 fully saturated rings. The van der Waals surface area contributed by atoms with Crippen LogP contribution in [0.1, 0.15) is 36.5 Å². The summed E-state index contributed by atoms with van der Waals surface area (Å²) >= 11 is 0. The zero-order valence-corrected chi connectivity index (χ0v) is 12.4. The largest absolute Gasteiger partial charge is 0.381 e. The van der Waals surface area contributed by atoms with Crippen molar-refractivity contribution in [3.63, 3.8) is 0 Å². The molecule has 1 saturated heterocycles. The molecule has 0 bridgehead atoms. The van der Waals surface area contributed by atoms with E-state index in [-0.39, 0.29) is 0 Å². The maximum Gasteiger partial charge on any atom is 0.156 e. The van der Waals surface area contributed by atoms with Gasteiger partial charge >= 0.3 is 0 Å². The third kappa shape index (κ3) is 3.39. The molecule has 2 aromatic rings. The molecule has 21 heavy (non-hydrogen) atoms. The van der Waals surface area contributed by atoms with Crippen LogP contribution in [0.2, 0.25) is 0 Å². The van der Waals surface area contributed by atoms with E-state index in [0.29, 0.717) is 5.92 Å². The molecule has 0 N–H and O–H groups in total. The molecular weight excluding hydrogens is 262 g/mol. The molecule has 0 amide bonds. The second-order valence-electron chi connectivity index (χ2n) is 5.36. The predicted octanol–water partition coefficient (Wildman–Crippen LogP) is 2.95. The lowest BCUT2D eigenvalue weighted by Crippen LogP contribution is -2.07. The van der Waals surface area contributed by atoms with Crippen LogP contribution in [0.3, 0.4) is 0 Å². The summed E-state index contributed by atoms with van der Waals surface area (Å²) in [6.45, 7) is 4.37. The number of aromatic nitrogens is 3. The summed E-state index contributed by atoms with van der Waals surface area (Å²) in [5, 5.41) is 4.73. The smallest absolute Gasteiger partial charge is 0.156 e. The maximum absolute atomic E-state index is 5.46. The van der Waals surface area contributed by atoms with E-state index in [2.05, 4.69) is 36.4 Å². The second-order valence-corrected chi connectivity index (χ2v) is 5.36. The van der Waals surface area contributed by atoms with Gasteiger partial charge in [0.15, 0.2) is 5.82 Å². The van der Waals surface area contributed by atoms with Gasteiger partial charge in [0.25, 0.3) is 0 Å².